The SMILES string of the molecule is COCC1(C(=O)NC(=O)OC(C)(C)C)CC(=O)N(c2c(F)cc(C#Cc3ccccc3)cc2F)C(=O)N1. The zero-order chi connectivity index (χ0) is 27.4. The molecule has 2 N–H and O–H groups in total. The number of carbonyl (C=O) groups excluding carboxylic acids is 4. The molecular formula is C26H25F2N3O6. The van der Waals surface area contributed by atoms with E-state index in [0.717, 1.165) is 12.1 Å². The van der Waals surface area contributed by atoms with Gasteiger partial charge in [-0.15, -0.1) is 0 Å². The third-order valence-electron chi connectivity index (χ3n) is 5.06. The minimum Gasteiger partial charge on any atom is -0.444 e. The lowest BCUT2D eigenvalue weighted by molar-refractivity contribution is -0.134. The number of hydrogen-bond donors (Lipinski definition) is 2. The van der Waals surface area contributed by atoms with E-state index in [9.17, 15) is 28.0 Å². The molecule has 2 aromatic rings. The quantitative estimate of drug-likeness (QED) is 0.607. The summed E-state index contributed by atoms with van der Waals surface area (Å²) in [6.45, 7) is 4.22. The predicted molar refractivity (Wildman–Crippen MR) is 128 cm³/mol. The molecule has 5 amide bonds. The predicted octanol–water partition coefficient (Wildman–Crippen LogP) is 3.25. The van der Waals surface area contributed by atoms with Gasteiger partial charge >= 0.3 is 12.1 Å². The zero-order valence-corrected chi connectivity index (χ0v) is 20.6. The minimum absolute atomic E-state index is 0.0158. The summed E-state index contributed by atoms with van der Waals surface area (Å²) >= 11 is 0. The summed E-state index contributed by atoms with van der Waals surface area (Å²) in [5.41, 5.74) is -3.26. The van der Waals surface area contributed by atoms with Crippen LogP contribution in [0.4, 0.5) is 24.1 Å². The minimum atomic E-state index is -2.02. The molecule has 11 heteroatoms. The van der Waals surface area contributed by atoms with E-state index < -0.39 is 65.4 Å². The fourth-order valence-electron chi connectivity index (χ4n) is 3.55. The lowest BCUT2D eigenvalue weighted by Gasteiger charge is -2.39. The Labute approximate surface area is 212 Å². The van der Waals surface area contributed by atoms with E-state index >= 15 is 0 Å². The standard InChI is InChI=1S/C26H25F2N3O6/c1-25(2,3)37-24(35)29-22(33)26(15-36-4)14-20(32)31(23(34)30-26)21-18(27)12-17(13-19(21)28)11-10-16-8-6-5-7-9-16/h5-9,12-13H,14-15H2,1-4H3,(H,30,34)(H,29,33,35). The Kier molecular flexibility index (Phi) is 7.93. The molecule has 0 aromatic heterocycles. The molecule has 37 heavy (non-hydrogen) atoms. The van der Waals surface area contributed by atoms with Crippen molar-refractivity contribution in [2.75, 3.05) is 18.6 Å². The molecule has 194 valence electrons. The van der Waals surface area contributed by atoms with E-state index in [4.69, 9.17) is 9.47 Å². The first kappa shape index (κ1) is 27.3. The van der Waals surface area contributed by atoms with Crippen LogP contribution in [0.2, 0.25) is 0 Å². The highest BCUT2D eigenvalue weighted by atomic mass is 19.1. The Morgan fingerprint density at radius 3 is 2.22 bits per heavy atom. The number of urea groups is 1. The van der Waals surface area contributed by atoms with Crippen molar-refractivity contribution < 1.29 is 37.4 Å². The fraction of sp³-hybridized carbons (Fsp3) is 0.308. The molecule has 1 aliphatic heterocycles. The summed E-state index contributed by atoms with van der Waals surface area (Å²) < 4.78 is 39.9. The summed E-state index contributed by atoms with van der Waals surface area (Å²) in [7, 11) is 1.21. The van der Waals surface area contributed by atoms with Gasteiger partial charge in [-0.1, -0.05) is 30.0 Å². The van der Waals surface area contributed by atoms with Gasteiger partial charge in [-0.25, -0.2) is 23.3 Å². The van der Waals surface area contributed by atoms with Gasteiger partial charge in [0.1, 0.15) is 11.3 Å². The molecule has 1 heterocycles. The number of anilines is 1. The highest BCUT2D eigenvalue weighted by molar-refractivity contribution is 6.20. The van der Waals surface area contributed by atoms with Gasteiger partial charge in [0.15, 0.2) is 17.2 Å². The molecule has 2 aromatic carbocycles. The van der Waals surface area contributed by atoms with Crippen LogP contribution < -0.4 is 15.5 Å². The average Bonchev–Trinajstić information content (AvgIpc) is 2.78. The Balaban J connectivity index is 1.86. The topological polar surface area (TPSA) is 114 Å². The van der Waals surface area contributed by atoms with Crippen LogP contribution >= 0.6 is 0 Å². The Bertz CT molecular complexity index is 1250. The first-order valence-corrected chi connectivity index (χ1v) is 11.1. The Hall–Kier alpha value is -4.30. The summed E-state index contributed by atoms with van der Waals surface area (Å²) in [6, 6.07) is 9.24. The molecule has 1 atom stereocenters. The summed E-state index contributed by atoms with van der Waals surface area (Å²) in [5, 5.41) is 4.21. The van der Waals surface area contributed by atoms with Gasteiger partial charge in [0.05, 0.1) is 13.0 Å². The molecule has 0 spiro atoms. The van der Waals surface area contributed by atoms with Gasteiger partial charge in [0.25, 0.3) is 5.91 Å². The van der Waals surface area contributed by atoms with Crippen molar-refractivity contribution >= 4 is 29.6 Å². The molecule has 1 saturated heterocycles. The second-order valence-electron chi connectivity index (χ2n) is 9.21. The summed E-state index contributed by atoms with van der Waals surface area (Å²) in [6.07, 6.45) is -1.86. The van der Waals surface area contributed by atoms with E-state index in [1.165, 1.54) is 7.11 Å². The maximum absolute atomic E-state index is 14.9. The van der Waals surface area contributed by atoms with Gasteiger partial charge in [-0.2, -0.15) is 0 Å². The maximum Gasteiger partial charge on any atom is 0.414 e. The van der Waals surface area contributed by atoms with Crippen LogP contribution in [0.1, 0.15) is 38.3 Å². The van der Waals surface area contributed by atoms with Gasteiger partial charge in [0.2, 0.25) is 5.91 Å². The normalized spacial score (nSPS) is 17.4. The highest BCUT2D eigenvalue weighted by Crippen LogP contribution is 2.30. The Morgan fingerprint density at radius 2 is 1.68 bits per heavy atom. The third kappa shape index (κ3) is 6.48. The number of rotatable bonds is 4. The number of alkyl carbamates (subject to hydrolysis) is 1. The number of nitrogens with one attached hydrogen (secondary N) is 2. The van der Waals surface area contributed by atoms with Crippen molar-refractivity contribution in [2.24, 2.45) is 0 Å². The first-order chi connectivity index (χ1) is 17.3. The van der Waals surface area contributed by atoms with E-state index in [-0.39, 0.29) is 10.5 Å². The number of amides is 5. The van der Waals surface area contributed by atoms with E-state index in [2.05, 4.69) is 17.2 Å². The maximum atomic E-state index is 14.9. The summed E-state index contributed by atoms with van der Waals surface area (Å²) in [4.78, 5) is 51.0. The van der Waals surface area contributed by atoms with Crippen molar-refractivity contribution in [1.82, 2.24) is 10.6 Å². The number of ether oxygens (including phenoxy) is 2. The summed E-state index contributed by atoms with van der Waals surface area (Å²) in [5.74, 6) is 0.785. The van der Waals surface area contributed by atoms with Crippen LogP contribution in [0.25, 0.3) is 0 Å². The van der Waals surface area contributed by atoms with Crippen molar-refractivity contribution in [3.63, 3.8) is 0 Å². The smallest absolute Gasteiger partial charge is 0.414 e. The van der Waals surface area contributed by atoms with Gasteiger partial charge < -0.3 is 14.8 Å². The second-order valence-corrected chi connectivity index (χ2v) is 9.21. The van der Waals surface area contributed by atoms with Crippen molar-refractivity contribution in [3.8, 4) is 11.8 Å². The molecule has 1 aliphatic rings. The Morgan fingerprint density at radius 1 is 1.08 bits per heavy atom. The highest BCUT2D eigenvalue weighted by Gasteiger charge is 2.51. The van der Waals surface area contributed by atoms with Gasteiger partial charge in [-0.05, 0) is 45.0 Å². The number of benzene rings is 2. The van der Waals surface area contributed by atoms with Crippen molar-refractivity contribution in [2.45, 2.75) is 38.3 Å². The molecule has 0 saturated carbocycles. The molecule has 0 aliphatic carbocycles. The van der Waals surface area contributed by atoms with E-state index in [1.54, 1.807) is 51.1 Å². The zero-order valence-electron chi connectivity index (χ0n) is 20.6. The third-order valence-corrected chi connectivity index (χ3v) is 5.06. The lowest BCUT2D eigenvalue weighted by atomic mass is 9.91. The van der Waals surface area contributed by atoms with Crippen LogP contribution in [0.3, 0.4) is 0 Å². The molecular weight excluding hydrogens is 488 g/mol. The van der Waals surface area contributed by atoms with Gasteiger partial charge in [0, 0.05) is 18.2 Å². The number of imide groups is 2. The molecule has 0 bridgehead atoms. The van der Waals surface area contributed by atoms with E-state index in [0.29, 0.717) is 5.56 Å². The second kappa shape index (κ2) is 10.8. The number of nitrogens with zero attached hydrogens (tertiary/aromatic N) is 1. The number of halogens is 2. The number of carbonyl (C=O) groups is 4. The van der Waals surface area contributed by atoms with Crippen LogP contribution in [0.15, 0.2) is 42.5 Å². The molecule has 3 rings (SSSR count). The monoisotopic (exact) mass is 513 g/mol. The first-order valence-electron chi connectivity index (χ1n) is 11.1. The van der Waals surface area contributed by atoms with Crippen LogP contribution in [0.5, 0.6) is 0 Å². The average molecular weight is 513 g/mol. The largest absolute Gasteiger partial charge is 0.444 e. The van der Waals surface area contributed by atoms with E-state index in [1.807, 2.05) is 5.32 Å². The number of methoxy groups -OCH3 is 1. The molecule has 1 fully saturated rings. The van der Waals surface area contributed by atoms with Gasteiger partial charge in [-0.3, -0.25) is 14.9 Å². The van der Waals surface area contributed by atoms with Crippen LogP contribution in [0, 0.1) is 23.5 Å². The van der Waals surface area contributed by atoms with Crippen molar-refractivity contribution in [1.29, 1.82) is 0 Å². The molecule has 9 nitrogen and oxygen atoms in total. The molecule has 0 radical (unpaired) electrons. The lowest BCUT2D eigenvalue weighted by Crippen LogP contribution is -2.70. The van der Waals surface area contributed by atoms with Crippen LogP contribution in [-0.4, -0.2) is 48.8 Å². The van der Waals surface area contributed by atoms with Crippen LogP contribution in [-0.2, 0) is 19.1 Å². The number of hydrogen-bond acceptors (Lipinski definition) is 6. The van der Waals surface area contributed by atoms with Crippen molar-refractivity contribution in [3.05, 3.63) is 65.2 Å². The molecule has 1 unspecified atom stereocenters. The fourth-order valence-corrected chi connectivity index (χ4v) is 3.55.